The Labute approximate surface area is 185 Å². The van der Waals surface area contributed by atoms with Gasteiger partial charge in [-0.3, -0.25) is 0 Å². The van der Waals surface area contributed by atoms with Crippen molar-refractivity contribution in [3.8, 4) is 5.75 Å². The van der Waals surface area contributed by atoms with Gasteiger partial charge in [0, 0.05) is 32.2 Å². The van der Waals surface area contributed by atoms with Gasteiger partial charge in [0.2, 0.25) is 0 Å². The molecule has 2 aromatic carbocycles. The van der Waals surface area contributed by atoms with Crippen molar-refractivity contribution in [2.24, 2.45) is 17.8 Å². The first-order chi connectivity index (χ1) is 14.9. The third-order valence-electron chi connectivity index (χ3n) is 6.31. The van der Waals surface area contributed by atoms with Crippen molar-refractivity contribution in [1.29, 1.82) is 0 Å². The van der Waals surface area contributed by atoms with Crippen LogP contribution >= 0.6 is 0 Å². The molecule has 1 heterocycles. The highest BCUT2D eigenvalue weighted by molar-refractivity contribution is 5.28. The largest absolute Gasteiger partial charge is 0.493 e. The van der Waals surface area contributed by atoms with Crippen LogP contribution in [0.25, 0.3) is 0 Å². The zero-order chi connectivity index (χ0) is 22.0. The van der Waals surface area contributed by atoms with Crippen LogP contribution in [0.1, 0.15) is 25.0 Å². The molecule has 4 rings (SSSR count). The van der Waals surface area contributed by atoms with Crippen molar-refractivity contribution in [3.05, 3.63) is 77.9 Å². The predicted molar refractivity (Wildman–Crippen MR) is 123 cm³/mol. The van der Waals surface area contributed by atoms with E-state index >= 15 is 0 Å². The number of halogens is 1. The van der Waals surface area contributed by atoms with Crippen molar-refractivity contribution in [2.45, 2.75) is 33.0 Å². The number of likely N-dealkylation sites (tertiary alicyclic amines) is 1. The standard InChI is InChI=1S/C26H34FN3O/c1-18(2)17-31-23-11-7-20(8-12-23)13-28-19(3)30(14-21-5-9-22(27)10-6-21)26-24-15-29(4)16-25(24)26/h5-12,18,24-26,28H,3,13-17H2,1-2,4H3. The second kappa shape index (κ2) is 9.31. The summed E-state index contributed by atoms with van der Waals surface area (Å²) in [6, 6.07) is 15.6. The summed E-state index contributed by atoms with van der Waals surface area (Å²) in [5.41, 5.74) is 2.30. The molecular weight excluding hydrogens is 389 g/mol. The Kier molecular flexibility index (Phi) is 6.51. The van der Waals surface area contributed by atoms with E-state index < -0.39 is 0 Å². The molecular formula is C26H34FN3O. The maximum absolute atomic E-state index is 13.4. The summed E-state index contributed by atoms with van der Waals surface area (Å²) >= 11 is 0. The van der Waals surface area contributed by atoms with Gasteiger partial charge in [0.05, 0.1) is 12.4 Å². The second-order valence-corrected chi connectivity index (χ2v) is 9.44. The van der Waals surface area contributed by atoms with E-state index in [9.17, 15) is 4.39 Å². The molecule has 1 saturated carbocycles. The average molecular weight is 424 g/mol. The molecule has 5 heteroatoms. The Bertz CT molecular complexity index is 869. The number of fused-ring (bicyclic) bond motifs is 1. The fourth-order valence-electron chi connectivity index (χ4n) is 4.61. The van der Waals surface area contributed by atoms with E-state index in [-0.39, 0.29) is 5.82 Å². The Balaban J connectivity index is 1.37. The van der Waals surface area contributed by atoms with E-state index in [0.717, 1.165) is 43.4 Å². The van der Waals surface area contributed by atoms with Gasteiger partial charge in [-0.2, -0.15) is 0 Å². The number of benzene rings is 2. The maximum Gasteiger partial charge on any atom is 0.123 e. The van der Waals surface area contributed by atoms with Gasteiger partial charge in [0.15, 0.2) is 0 Å². The summed E-state index contributed by atoms with van der Waals surface area (Å²) < 4.78 is 19.1. The van der Waals surface area contributed by atoms with Gasteiger partial charge in [0.25, 0.3) is 0 Å². The molecule has 0 bridgehead atoms. The molecule has 0 amide bonds. The summed E-state index contributed by atoms with van der Waals surface area (Å²) in [6.45, 7) is 13.1. The summed E-state index contributed by atoms with van der Waals surface area (Å²) in [4.78, 5) is 4.79. The fourth-order valence-corrected chi connectivity index (χ4v) is 4.61. The predicted octanol–water partition coefficient (Wildman–Crippen LogP) is 4.48. The van der Waals surface area contributed by atoms with E-state index in [4.69, 9.17) is 4.74 Å². The summed E-state index contributed by atoms with van der Waals surface area (Å²) in [6.07, 6.45) is 0. The van der Waals surface area contributed by atoms with Crippen LogP contribution in [-0.2, 0) is 13.1 Å². The number of ether oxygens (including phenoxy) is 1. The molecule has 2 atom stereocenters. The first kappa shape index (κ1) is 21.7. The van der Waals surface area contributed by atoms with Crippen LogP contribution in [0.5, 0.6) is 5.75 Å². The summed E-state index contributed by atoms with van der Waals surface area (Å²) in [7, 11) is 2.19. The smallest absolute Gasteiger partial charge is 0.123 e. The highest BCUT2D eigenvalue weighted by atomic mass is 19.1. The minimum Gasteiger partial charge on any atom is -0.493 e. The number of nitrogens with zero attached hydrogens (tertiary/aromatic N) is 2. The van der Waals surface area contributed by atoms with Crippen LogP contribution in [0.4, 0.5) is 4.39 Å². The summed E-state index contributed by atoms with van der Waals surface area (Å²) in [5, 5.41) is 3.53. The molecule has 0 aromatic heterocycles. The minimum atomic E-state index is -0.196. The lowest BCUT2D eigenvalue weighted by atomic mass is 10.2. The molecule has 1 aliphatic carbocycles. The topological polar surface area (TPSA) is 27.7 Å². The van der Waals surface area contributed by atoms with Crippen LogP contribution in [0, 0.1) is 23.6 Å². The normalized spacial score (nSPS) is 22.3. The molecule has 1 aliphatic heterocycles. The molecule has 2 unspecified atom stereocenters. The van der Waals surface area contributed by atoms with Gasteiger partial charge in [-0.15, -0.1) is 0 Å². The van der Waals surface area contributed by atoms with Crippen molar-refractivity contribution >= 4 is 0 Å². The zero-order valence-corrected chi connectivity index (χ0v) is 18.9. The first-order valence-corrected chi connectivity index (χ1v) is 11.2. The van der Waals surface area contributed by atoms with Crippen LogP contribution in [-0.4, -0.2) is 42.6 Å². The van der Waals surface area contributed by atoms with E-state index in [0.29, 0.717) is 30.3 Å². The van der Waals surface area contributed by atoms with Gasteiger partial charge in [0.1, 0.15) is 11.6 Å². The molecule has 0 radical (unpaired) electrons. The Morgan fingerprint density at radius 3 is 2.32 bits per heavy atom. The SMILES string of the molecule is C=C(NCc1ccc(OCC(C)C)cc1)N(Cc1ccc(F)cc1)C1C2CN(C)CC21. The van der Waals surface area contributed by atoms with Gasteiger partial charge >= 0.3 is 0 Å². The number of hydrogen-bond donors (Lipinski definition) is 1. The molecule has 2 aromatic rings. The molecule has 4 nitrogen and oxygen atoms in total. The maximum atomic E-state index is 13.4. The van der Waals surface area contributed by atoms with Crippen molar-refractivity contribution < 1.29 is 9.13 Å². The molecule has 1 saturated heterocycles. The minimum absolute atomic E-state index is 0.196. The average Bonchev–Trinajstić information content (AvgIpc) is 3.25. The van der Waals surface area contributed by atoms with Crippen molar-refractivity contribution in [2.75, 3.05) is 26.7 Å². The highest BCUT2D eigenvalue weighted by Crippen LogP contribution is 2.49. The van der Waals surface area contributed by atoms with Crippen LogP contribution in [0.15, 0.2) is 60.9 Å². The zero-order valence-electron chi connectivity index (χ0n) is 18.9. The summed E-state index contributed by atoms with van der Waals surface area (Å²) in [5.74, 6) is 3.55. The molecule has 1 N–H and O–H groups in total. The van der Waals surface area contributed by atoms with E-state index in [1.807, 2.05) is 24.3 Å². The monoisotopic (exact) mass is 423 g/mol. The number of hydrogen-bond acceptors (Lipinski definition) is 4. The molecule has 2 fully saturated rings. The van der Waals surface area contributed by atoms with Gasteiger partial charge in [-0.1, -0.05) is 44.7 Å². The van der Waals surface area contributed by atoms with Gasteiger partial charge in [-0.25, -0.2) is 4.39 Å². The first-order valence-electron chi connectivity index (χ1n) is 11.2. The number of rotatable bonds is 10. The van der Waals surface area contributed by atoms with Gasteiger partial charge in [-0.05, 0) is 60.2 Å². The third kappa shape index (κ3) is 5.40. The molecule has 31 heavy (non-hydrogen) atoms. The van der Waals surface area contributed by atoms with Crippen LogP contribution in [0.2, 0.25) is 0 Å². The quantitative estimate of drug-likeness (QED) is 0.610. The van der Waals surface area contributed by atoms with Gasteiger partial charge < -0.3 is 19.9 Å². The van der Waals surface area contributed by atoms with Crippen LogP contribution in [0.3, 0.4) is 0 Å². The highest BCUT2D eigenvalue weighted by Gasteiger charge is 2.57. The van der Waals surface area contributed by atoms with Crippen molar-refractivity contribution in [3.63, 3.8) is 0 Å². The fraction of sp³-hybridized carbons (Fsp3) is 0.462. The van der Waals surface area contributed by atoms with E-state index in [2.05, 4.69) is 54.7 Å². The second-order valence-electron chi connectivity index (χ2n) is 9.44. The molecule has 166 valence electrons. The Morgan fingerprint density at radius 1 is 1.10 bits per heavy atom. The lowest BCUT2D eigenvalue weighted by Crippen LogP contribution is -2.37. The molecule has 2 aliphatic rings. The van der Waals surface area contributed by atoms with Crippen molar-refractivity contribution in [1.82, 2.24) is 15.1 Å². The lowest BCUT2D eigenvalue weighted by molar-refractivity contribution is 0.237. The Hall–Kier alpha value is -2.53. The Morgan fingerprint density at radius 2 is 1.71 bits per heavy atom. The van der Waals surface area contributed by atoms with E-state index in [1.54, 1.807) is 0 Å². The number of piperidine rings is 1. The number of nitrogens with one attached hydrogen (secondary N) is 1. The van der Waals surface area contributed by atoms with Crippen LogP contribution < -0.4 is 10.1 Å². The molecule has 0 spiro atoms. The lowest BCUT2D eigenvalue weighted by Gasteiger charge is -2.30. The third-order valence-corrected chi connectivity index (χ3v) is 6.31. The van der Waals surface area contributed by atoms with E-state index in [1.165, 1.54) is 17.7 Å².